The predicted molar refractivity (Wildman–Crippen MR) is 156 cm³/mol. The Hall–Kier alpha value is -4.00. The lowest BCUT2D eigenvalue weighted by Gasteiger charge is -2.23. The van der Waals surface area contributed by atoms with Crippen LogP contribution < -0.4 is 21.7 Å². The average Bonchev–Trinajstić information content (AvgIpc) is 2.96. The lowest BCUT2D eigenvalue weighted by atomic mass is 10.1. The summed E-state index contributed by atoms with van der Waals surface area (Å²) in [6.45, 7) is 4.69. The van der Waals surface area contributed by atoms with Gasteiger partial charge in [-0.1, -0.05) is 60.7 Å². The number of nitrogens with two attached hydrogens (primary N) is 1. The van der Waals surface area contributed by atoms with Crippen LogP contribution in [0.2, 0.25) is 0 Å². The van der Waals surface area contributed by atoms with E-state index in [-0.39, 0.29) is 38.8 Å². The summed E-state index contributed by atoms with van der Waals surface area (Å²) in [4.78, 5) is 62.8. The highest BCUT2D eigenvalue weighted by Gasteiger charge is 2.30. The summed E-state index contributed by atoms with van der Waals surface area (Å²) in [5.41, 5.74) is 7.55. The molecular weight excluding hydrogens is 568 g/mol. The molecular formula is C29H39ClN4O8. The molecule has 2 aromatic carbocycles. The van der Waals surface area contributed by atoms with Crippen LogP contribution in [0.25, 0.3) is 0 Å². The standard InChI is InChI=1S/C29H38N4O8.ClH/c1-4-40-29(38)20(3)32-28(37)24(15-25(34)41-17-22-13-9-6-10-14-22)33-26(35)19(2)31-27(36)23(30)18-39-16-21-11-7-5-8-12-21;/h5-14,19-20,23-24H,4,15-18,30H2,1-3H3,(H,31,36)(H,32,37)(H,33,35);1H. The van der Waals surface area contributed by atoms with Crippen LogP contribution in [-0.4, -0.2) is 67.0 Å². The van der Waals surface area contributed by atoms with Crippen molar-refractivity contribution in [2.75, 3.05) is 13.2 Å². The summed E-state index contributed by atoms with van der Waals surface area (Å²) in [7, 11) is 0. The molecule has 5 N–H and O–H groups in total. The van der Waals surface area contributed by atoms with Crippen LogP contribution in [0, 0.1) is 0 Å². The summed E-state index contributed by atoms with van der Waals surface area (Å²) >= 11 is 0. The molecule has 3 amide bonds. The predicted octanol–water partition coefficient (Wildman–Crippen LogP) is 1.14. The number of hydrogen-bond acceptors (Lipinski definition) is 9. The first-order valence-corrected chi connectivity index (χ1v) is 13.2. The quantitative estimate of drug-likeness (QED) is 0.204. The van der Waals surface area contributed by atoms with E-state index in [0.29, 0.717) is 0 Å². The highest BCUT2D eigenvalue weighted by Crippen LogP contribution is 2.05. The lowest BCUT2D eigenvalue weighted by Crippen LogP contribution is -2.57. The van der Waals surface area contributed by atoms with Crippen LogP contribution >= 0.6 is 12.4 Å². The van der Waals surface area contributed by atoms with E-state index in [1.807, 2.05) is 36.4 Å². The smallest absolute Gasteiger partial charge is 0.328 e. The molecule has 13 heteroatoms. The number of benzene rings is 2. The van der Waals surface area contributed by atoms with Gasteiger partial charge in [-0.15, -0.1) is 12.4 Å². The molecule has 0 aliphatic rings. The second-order valence-corrected chi connectivity index (χ2v) is 9.23. The van der Waals surface area contributed by atoms with Crippen LogP contribution in [0.4, 0.5) is 0 Å². The Morgan fingerprint density at radius 3 is 1.86 bits per heavy atom. The summed E-state index contributed by atoms with van der Waals surface area (Å²) < 4.78 is 15.6. The Kier molecular flexibility index (Phi) is 16.5. The molecule has 0 saturated heterocycles. The number of nitrogens with one attached hydrogen (secondary N) is 3. The van der Waals surface area contributed by atoms with Crippen molar-refractivity contribution in [1.29, 1.82) is 0 Å². The number of amides is 3. The third-order valence-electron chi connectivity index (χ3n) is 5.74. The Labute approximate surface area is 251 Å². The zero-order valence-electron chi connectivity index (χ0n) is 23.9. The van der Waals surface area contributed by atoms with E-state index in [2.05, 4.69) is 16.0 Å². The fraction of sp³-hybridized carbons (Fsp3) is 0.414. The summed E-state index contributed by atoms with van der Waals surface area (Å²) in [6.07, 6.45) is -0.520. The van der Waals surface area contributed by atoms with Gasteiger partial charge in [-0.05, 0) is 31.9 Å². The van der Waals surface area contributed by atoms with Gasteiger partial charge in [0, 0.05) is 0 Å². The number of carbonyl (C=O) groups is 5. The third-order valence-corrected chi connectivity index (χ3v) is 5.74. The fourth-order valence-corrected chi connectivity index (χ4v) is 3.45. The molecule has 0 fully saturated rings. The van der Waals surface area contributed by atoms with E-state index >= 15 is 0 Å². The highest BCUT2D eigenvalue weighted by atomic mass is 35.5. The summed E-state index contributed by atoms with van der Waals surface area (Å²) in [5.74, 6) is -3.63. The van der Waals surface area contributed by atoms with Crippen molar-refractivity contribution < 1.29 is 38.2 Å². The Balaban J connectivity index is 0.00000882. The Bertz CT molecular complexity index is 1150. The first-order valence-electron chi connectivity index (χ1n) is 13.2. The normalized spacial score (nSPS) is 13.2. The van der Waals surface area contributed by atoms with E-state index in [4.69, 9.17) is 19.9 Å². The molecule has 0 aliphatic carbocycles. The number of carbonyl (C=O) groups excluding carboxylic acids is 5. The SMILES string of the molecule is CCOC(=O)C(C)NC(=O)C(CC(=O)OCc1ccccc1)NC(=O)C(C)NC(=O)C(N)COCc1ccccc1.Cl. The number of ether oxygens (including phenoxy) is 3. The maximum atomic E-state index is 12.9. The zero-order chi connectivity index (χ0) is 30.2. The molecule has 0 spiro atoms. The van der Waals surface area contributed by atoms with Gasteiger partial charge in [0.1, 0.15) is 30.8 Å². The second kappa shape index (κ2) is 19.2. The zero-order valence-corrected chi connectivity index (χ0v) is 24.7. The van der Waals surface area contributed by atoms with Gasteiger partial charge in [-0.3, -0.25) is 19.2 Å². The number of hydrogen-bond donors (Lipinski definition) is 4. The highest BCUT2D eigenvalue weighted by molar-refractivity contribution is 5.95. The Morgan fingerprint density at radius 1 is 0.738 bits per heavy atom. The summed E-state index contributed by atoms with van der Waals surface area (Å²) in [5, 5.41) is 7.33. The topological polar surface area (TPSA) is 175 Å². The maximum Gasteiger partial charge on any atom is 0.328 e. The largest absolute Gasteiger partial charge is 0.464 e. The average molecular weight is 607 g/mol. The number of esters is 2. The third kappa shape index (κ3) is 13.1. The van der Waals surface area contributed by atoms with E-state index < -0.39 is 60.2 Å². The van der Waals surface area contributed by atoms with Gasteiger partial charge >= 0.3 is 11.9 Å². The minimum atomic E-state index is -1.40. The molecule has 2 aromatic rings. The molecule has 0 radical (unpaired) electrons. The molecule has 0 heterocycles. The van der Waals surface area contributed by atoms with E-state index in [9.17, 15) is 24.0 Å². The Morgan fingerprint density at radius 2 is 1.29 bits per heavy atom. The van der Waals surface area contributed by atoms with Gasteiger partial charge in [0.05, 0.1) is 26.2 Å². The molecule has 0 saturated carbocycles. The first kappa shape index (κ1) is 36.0. The molecule has 12 nitrogen and oxygen atoms in total. The van der Waals surface area contributed by atoms with Crippen molar-refractivity contribution in [3.8, 4) is 0 Å². The van der Waals surface area contributed by atoms with Crippen LogP contribution in [0.5, 0.6) is 0 Å². The molecule has 0 bridgehead atoms. The van der Waals surface area contributed by atoms with E-state index in [1.165, 1.54) is 13.8 Å². The second-order valence-electron chi connectivity index (χ2n) is 9.23. The minimum absolute atomic E-state index is 0. The van der Waals surface area contributed by atoms with Gasteiger partial charge in [0.15, 0.2) is 0 Å². The lowest BCUT2D eigenvalue weighted by molar-refractivity contribution is -0.148. The summed E-state index contributed by atoms with van der Waals surface area (Å²) in [6, 6.07) is 13.7. The monoisotopic (exact) mass is 606 g/mol. The van der Waals surface area contributed by atoms with Crippen molar-refractivity contribution in [3.05, 3.63) is 71.8 Å². The van der Waals surface area contributed by atoms with Crippen molar-refractivity contribution >= 4 is 42.1 Å². The minimum Gasteiger partial charge on any atom is -0.464 e. The maximum absolute atomic E-state index is 12.9. The van der Waals surface area contributed by atoms with Crippen LogP contribution in [0.15, 0.2) is 60.7 Å². The first-order chi connectivity index (χ1) is 19.6. The van der Waals surface area contributed by atoms with E-state index in [1.54, 1.807) is 31.2 Å². The van der Waals surface area contributed by atoms with Crippen molar-refractivity contribution in [3.63, 3.8) is 0 Å². The molecule has 4 atom stereocenters. The van der Waals surface area contributed by atoms with Crippen LogP contribution in [0.1, 0.15) is 38.3 Å². The van der Waals surface area contributed by atoms with Crippen molar-refractivity contribution in [2.45, 2.75) is 64.6 Å². The van der Waals surface area contributed by atoms with Gasteiger partial charge in [0.25, 0.3) is 0 Å². The molecule has 42 heavy (non-hydrogen) atoms. The van der Waals surface area contributed by atoms with Crippen LogP contribution in [0.3, 0.4) is 0 Å². The molecule has 230 valence electrons. The number of halogens is 1. The van der Waals surface area contributed by atoms with Crippen molar-refractivity contribution in [1.82, 2.24) is 16.0 Å². The van der Waals surface area contributed by atoms with E-state index in [0.717, 1.165) is 11.1 Å². The van der Waals surface area contributed by atoms with Gasteiger partial charge in [-0.25, -0.2) is 4.79 Å². The molecule has 0 aliphatic heterocycles. The van der Waals surface area contributed by atoms with Crippen LogP contribution in [-0.2, 0) is 51.4 Å². The van der Waals surface area contributed by atoms with Gasteiger partial charge in [0.2, 0.25) is 17.7 Å². The molecule has 2 rings (SSSR count). The molecule has 0 aromatic heterocycles. The fourth-order valence-electron chi connectivity index (χ4n) is 3.45. The van der Waals surface area contributed by atoms with Gasteiger partial charge in [-0.2, -0.15) is 0 Å². The van der Waals surface area contributed by atoms with Gasteiger partial charge < -0.3 is 35.9 Å². The number of rotatable bonds is 16. The van der Waals surface area contributed by atoms with Crippen molar-refractivity contribution in [2.24, 2.45) is 5.73 Å². The molecule has 4 unspecified atom stereocenters.